The van der Waals surface area contributed by atoms with Gasteiger partial charge in [0.15, 0.2) is 5.82 Å². The summed E-state index contributed by atoms with van der Waals surface area (Å²) in [5, 5.41) is 20.1. The lowest BCUT2D eigenvalue weighted by Crippen LogP contribution is -2.11. The van der Waals surface area contributed by atoms with E-state index in [4.69, 9.17) is 16.9 Å². The van der Waals surface area contributed by atoms with E-state index in [2.05, 4.69) is 31.1 Å². The van der Waals surface area contributed by atoms with Crippen molar-refractivity contribution in [1.82, 2.24) is 4.98 Å². The molecular weight excluding hydrogens is 404 g/mol. The predicted molar refractivity (Wildman–Crippen MR) is 113 cm³/mol. The van der Waals surface area contributed by atoms with E-state index in [-0.39, 0.29) is 5.84 Å². The second kappa shape index (κ2) is 6.77. The largest absolute Gasteiger partial charge is 0.384 e. The molecular formula is C20H15BrN6. The lowest BCUT2D eigenvalue weighted by Gasteiger charge is -2.08. The number of azo groups is 1. The van der Waals surface area contributed by atoms with E-state index in [1.54, 1.807) is 18.3 Å². The third kappa shape index (κ3) is 3.13. The van der Waals surface area contributed by atoms with Gasteiger partial charge in [0.25, 0.3) is 0 Å². The van der Waals surface area contributed by atoms with Crippen LogP contribution in [0.4, 0.5) is 17.2 Å². The molecule has 0 unspecified atom stereocenters. The SMILES string of the molecule is N=C(N)c1ccc(N=Nc2c(N)ncc3ccc(Br)cc23)c2ccccc12. The minimum Gasteiger partial charge on any atom is -0.384 e. The van der Waals surface area contributed by atoms with Crippen LogP contribution in [0.5, 0.6) is 0 Å². The van der Waals surface area contributed by atoms with Crippen molar-refractivity contribution in [2.45, 2.75) is 0 Å². The number of fused-ring (bicyclic) bond motifs is 2. The Morgan fingerprint density at radius 3 is 2.52 bits per heavy atom. The fourth-order valence-corrected chi connectivity index (χ4v) is 3.36. The Balaban J connectivity index is 1.89. The highest BCUT2D eigenvalue weighted by atomic mass is 79.9. The molecule has 6 nitrogen and oxygen atoms in total. The Hall–Kier alpha value is -3.32. The number of nitrogens with one attached hydrogen (secondary N) is 1. The van der Waals surface area contributed by atoms with Crippen molar-refractivity contribution >= 4 is 60.5 Å². The summed E-state index contributed by atoms with van der Waals surface area (Å²) in [5.74, 6) is 0.330. The van der Waals surface area contributed by atoms with Crippen LogP contribution in [-0.4, -0.2) is 10.8 Å². The van der Waals surface area contributed by atoms with Gasteiger partial charge < -0.3 is 11.5 Å². The van der Waals surface area contributed by atoms with Gasteiger partial charge in [-0.1, -0.05) is 46.3 Å². The summed E-state index contributed by atoms with van der Waals surface area (Å²) >= 11 is 3.48. The van der Waals surface area contributed by atoms with Crippen LogP contribution in [-0.2, 0) is 0 Å². The predicted octanol–water partition coefficient (Wildman–Crippen LogP) is 5.43. The van der Waals surface area contributed by atoms with E-state index < -0.39 is 0 Å². The molecule has 0 saturated carbocycles. The monoisotopic (exact) mass is 418 g/mol. The molecule has 27 heavy (non-hydrogen) atoms. The first-order valence-electron chi connectivity index (χ1n) is 8.16. The molecule has 1 heterocycles. The standard InChI is InChI=1S/C20H15BrN6/c21-12-6-5-11-10-25-20(24)18(16(11)9-12)27-26-17-8-7-15(19(22)23)13-3-1-2-4-14(13)17/h1-10H,(H3,22,23)(H2,24,25). The molecule has 4 rings (SSSR count). The zero-order valence-corrected chi connectivity index (χ0v) is 15.7. The van der Waals surface area contributed by atoms with Crippen LogP contribution in [0.15, 0.2) is 75.5 Å². The smallest absolute Gasteiger partial charge is 0.151 e. The molecule has 3 aromatic carbocycles. The van der Waals surface area contributed by atoms with E-state index in [0.717, 1.165) is 26.0 Å². The van der Waals surface area contributed by atoms with Crippen LogP contribution < -0.4 is 11.5 Å². The maximum atomic E-state index is 7.76. The minimum atomic E-state index is 0.0158. The Morgan fingerprint density at radius 2 is 1.74 bits per heavy atom. The van der Waals surface area contributed by atoms with E-state index in [0.29, 0.717) is 22.8 Å². The van der Waals surface area contributed by atoms with Crippen LogP contribution in [0.3, 0.4) is 0 Å². The molecule has 0 fully saturated rings. The number of pyridine rings is 1. The minimum absolute atomic E-state index is 0.0158. The van der Waals surface area contributed by atoms with Gasteiger partial charge in [-0.2, -0.15) is 0 Å². The number of rotatable bonds is 3. The van der Waals surface area contributed by atoms with Crippen LogP contribution in [0.1, 0.15) is 5.56 Å². The number of nitrogen functional groups attached to an aromatic ring is 2. The quantitative estimate of drug-likeness (QED) is 0.234. The Bertz CT molecular complexity index is 1230. The highest BCUT2D eigenvalue weighted by Gasteiger charge is 2.10. The number of hydrogen-bond donors (Lipinski definition) is 3. The maximum Gasteiger partial charge on any atom is 0.151 e. The number of nitrogens with zero attached hydrogens (tertiary/aromatic N) is 3. The molecule has 5 N–H and O–H groups in total. The lowest BCUT2D eigenvalue weighted by atomic mass is 10.0. The van der Waals surface area contributed by atoms with Crippen LogP contribution >= 0.6 is 15.9 Å². The number of anilines is 1. The average molecular weight is 419 g/mol. The topological polar surface area (TPSA) is 114 Å². The van der Waals surface area contributed by atoms with Gasteiger partial charge in [-0.25, -0.2) is 4.98 Å². The van der Waals surface area contributed by atoms with E-state index in [1.807, 2.05) is 42.5 Å². The van der Waals surface area contributed by atoms with Crippen molar-refractivity contribution in [2.75, 3.05) is 5.73 Å². The number of hydrogen-bond acceptors (Lipinski definition) is 5. The molecule has 4 aromatic rings. The molecule has 1 aromatic heterocycles. The molecule has 0 amide bonds. The summed E-state index contributed by atoms with van der Waals surface area (Å²) in [6.45, 7) is 0. The fraction of sp³-hybridized carbons (Fsp3) is 0. The van der Waals surface area contributed by atoms with Crippen LogP contribution in [0.2, 0.25) is 0 Å². The van der Waals surface area contributed by atoms with Crippen molar-refractivity contribution in [3.63, 3.8) is 0 Å². The highest BCUT2D eigenvalue weighted by Crippen LogP contribution is 2.35. The number of halogens is 1. The Kier molecular flexibility index (Phi) is 4.29. The zero-order valence-electron chi connectivity index (χ0n) is 14.1. The van der Waals surface area contributed by atoms with E-state index in [1.165, 1.54) is 0 Å². The number of nitrogens with two attached hydrogens (primary N) is 2. The summed E-state index contributed by atoms with van der Waals surface area (Å²) in [6, 6.07) is 17.1. The van der Waals surface area contributed by atoms with Gasteiger partial charge in [0.05, 0.1) is 5.69 Å². The van der Waals surface area contributed by atoms with Crippen molar-refractivity contribution < 1.29 is 0 Å². The second-order valence-corrected chi connectivity index (χ2v) is 6.93. The average Bonchev–Trinajstić information content (AvgIpc) is 2.66. The first-order valence-corrected chi connectivity index (χ1v) is 8.95. The first kappa shape index (κ1) is 17.1. The number of amidine groups is 1. The Labute approximate surface area is 163 Å². The second-order valence-electron chi connectivity index (χ2n) is 6.02. The third-order valence-electron chi connectivity index (χ3n) is 4.30. The number of benzene rings is 3. The molecule has 0 aliphatic heterocycles. The van der Waals surface area contributed by atoms with Crippen molar-refractivity contribution in [1.29, 1.82) is 5.41 Å². The molecule has 0 atom stereocenters. The maximum absolute atomic E-state index is 7.76. The van der Waals surface area contributed by atoms with Gasteiger partial charge in [-0.15, -0.1) is 10.2 Å². The third-order valence-corrected chi connectivity index (χ3v) is 4.80. The molecule has 132 valence electrons. The van der Waals surface area contributed by atoms with Gasteiger partial charge in [-0.3, -0.25) is 5.41 Å². The normalized spacial score (nSPS) is 11.4. The molecule has 0 aliphatic carbocycles. The molecule has 0 radical (unpaired) electrons. The van der Waals surface area contributed by atoms with Crippen molar-refractivity contribution in [2.24, 2.45) is 16.0 Å². The molecule has 7 heteroatoms. The molecule has 0 saturated heterocycles. The summed E-state index contributed by atoms with van der Waals surface area (Å²) < 4.78 is 0.924. The summed E-state index contributed by atoms with van der Waals surface area (Å²) in [7, 11) is 0. The fourth-order valence-electron chi connectivity index (χ4n) is 3.00. The number of aromatic nitrogens is 1. The van der Waals surface area contributed by atoms with Crippen LogP contribution in [0.25, 0.3) is 21.5 Å². The summed E-state index contributed by atoms with van der Waals surface area (Å²) in [4.78, 5) is 4.21. The zero-order chi connectivity index (χ0) is 19.0. The summed E-state index contributed by atoms with van der Waals surface area (Å²) in [6.07, 6.45) is 1.72. The first-order chi connectivity index (χ1) is 13.0. The lowest BCUT2D eigenvalue weighted by molar-refractivity contribution is 1.23. The van der Waals surface area contributed by atoms with Gasteiger partial charge in [0, 0.05) is 32.4 Å². The van der Waals surface area contributed by atoms with Gasteiger partial charge in [0.1, 0.15) is 11.5 Å². The summed E-state index contributed by atoms with van der Waals surface area (Å²) in [5.41, 5.74) is 13.6. The van der Waals surface area contributed by atoms with E-state index >= 15 is 0 Å². The van der Waals surface area contributed by atoms with Crippen LogP contribution in [0, 0.1) is 5.41 Å². The van der Waals surface area contributed by atoms with E-state index in [9.17, 15) is 0 Å². The Morgan fingerprint density at radius 1 is 0.963 bits per heavy atom. The van der Waals surface area contributed by atoms with Gasteiger partial charge in [0.2, 0.25) is 0 Å². The van der Waals surface area contributed by atoms with Gasteiger partial charge in [-0.05, 0) is 29.7 Å². The van der Waals surface area contributed by atoms with Crippen molar-refractivity contribution in [3.8, 4) is 0 Å². The molecule has 0 aliphatic rings. The van der Waals surface area contributed by atoms with Gasteiger partial charge >= 0.3 is 0 Å². The highest BCUT2D eigenvalue weighted by molar-refractivity contribution is 9.10. The van der Waals surface area contributed by atoms with Crippen molar-refractivity contribution in [3.05, 3.63) is 70.8 Å². The molecule has 0 bridgehead atoms. The molecule has 0 spiro atoms.